The van der Waals surface area contributed by atoms with Crippen LogP contribution in [0, 0.1) is 13.8 Å². The van der Waals surface area contributed by atoms with Crippen LogP contribution >= 0.6 is 15.9 Å². The van der Waals surface area contributed by atoms with E-state index in [1.54, 1.807) is 24.3 Å². The molecule has 2 heterocycles. The maximum Gasteiger partial charge on any atom is 0.247 e. The second-order valence-corrected chi connectivity index (χ2v) is 7.64. The molecule has 1 atom stereocenters. The molecule has 6 nitrogen and oxygen atoms in total. The Morgan fingerprint density at radius 3 is 2.78 bits per heavy atom. The molecule has 1 amide bonds. The van der Waals surface area contributed by atoms with Crippen molar-refractivity contribution < 1.29 is 14.6 Å². The van der Waals surface area contributed by atoms with Crippen molar-refractivity contribution in [3.63, 3.8) is 0 Å². The predicted molar refractivity (Wildman–Crippen MR) is 108 cm³/mol. The molecule has 0 saturated carbocycles. The Morgan fingerprint density at radius 2 is 2.15 bits per heavy atom. The first-order chi connectivity index (χ1) is 12.8. The van der Waals surface area contributed by atoms with E-state index in [1.165, 1.54) is 7.11 Å². The van der Waals surface area contributed by atoms with Crippen LogP contribution in [0.3, 0.4) is 0 Å². The van der Waals surface area contributed by atoms with Gasteiger partial charge in [-0.2, -0.15) is 5.10 Å². The highest BCUT2D eigenvalue weighted by molar-refractivity contribution is 9.10. The van der Waals surface area contributed by atoms with Gasteiger partial charge in [0.1, 0.15) is 0 Å². The van der Waals surface area contributed by atoms with Crippen LogP contribution in [0.15, 0.2) is 22.7 Å². The number of amides is 1. The monoisotopic (exact) mass is 433 g/mol. The molecule has 0 aliphatic carbocycles. The third-order valence-corrected chi connectivity index (χ3v) is 5.73. The zero-order chi connectivity index (χ0) is 19.7. The van der Waals surface area contributed by atoms with E-state index in [1.807, 2.05) is 30.5 Å². The molecule has 0 bridgehead atoms. The Bertz CT molecular complexity index is 904. The van der Waals surface area contributed by atoms with Crippen LogP contribution in [0.5, 0.6) is 11.5 Å². The molecule has 1 N–H and O–H groups in total. The minimum atomic E-state index is -0.0247. The smallest absolute Gasteiger partial charge is 0.247 e. The Morgan fingerprint density at radius 1 is 1.41 bits per heavy atom. The quantitative estimate of drug-likeness (QED) is 0.742. The van der Waals surface area contributed by atoms with Gasteiger partial charge in [0.15, 0.2) is 11.5 Å². The molecule has 1 aliphatic heterocycles. The zero-order valence-corrected chi connectivity index (χ0v) is 17.6. The average Bonchev–Trinajstić information content (AvgIpc) is 3.20. The fraction of sp³-hybridized carbons (Fsp3) is 0.400. The normalized spacial score (nSPS) is 17.1. The number of aromatic nitrogens is 2. The number of ether oxygens (including phenoxy) is 1. The number of methoxy groups -OCH3 is 1. The molecular formula is C20H24BrN3O3. The molecule has 1 aliphatic rings. The van der Waals surface area contributed by atoms with Gasteiger partial charge >= 0.3 is 0 Å². The summed E-state index contributed by atoms with van der Waals surface area (Å²) in [4.78, 5) is 14.8. The van der Waals surface area contributed by atoms with Gasteiger partial charge in [-0.25, -0.2) is 0 Å². The van der Waals surface area contributed by atoms with Gasteiger partial charge in [0.2, 0.25) is 5.91 Å². The largest absolute Gasteiger partial charge is 0.503 e. The topological polar surface area (TPSA) is 67.6 Å². The van der Waals surface area contributed by atoms with E-state index in [4.69, 9.17) is 4.74 Å². The third-order valence-electron chi connectivity index (χ3n) is 5.12. The molecule has 1 unspecified atom stereocenters. The fourth-order valence-electron chi connectivity index (χ4n) is 3.71. The average molecular weight is 434 g/mol. The standard InChI is InChI=1S/C20H24BrN3O3/c1-12-19(13(2)23(3)22-12)16-6-5-9-24(16)18(25)8-7-14-10-15(21)20(26)17(11-14)27-4/h7-8,10-11,16,26H,5-6,9H2,1-4H3. The number of phenols is 1. The van der Waals surface area contributed by atoms with E-state index >= 15 is 0 Å². The maximum atomic E-state index is 12.9. The van der Waals surface area contributed by atoms with E-state index in [2.05, 4.69) is 21.0 Å². The Hall–Kier alpha value is -2.28. The highest BCUT2D eigenvalue weighted by Gasteiger charge is 2.32. The van der Waals surface area contributed by atoms with Crippen molar-refractivity contribution in [3.05, 3.63) is 45.2 Å². The summed E-state index contributed by atoms with van der Waals surface area (Å²) in [6.07, 6.45) is 5.26. The predicted octanol–water partition coefficient (Wildman–Crippen LogP) is 3.89. The van der Waals surface area contributed by atoms with Crippen LogP contribution in [0.4, 0.5) is 0 Å². The number of halogens is 1. The summed E-state index contributed by atoms with van der Waals surface area (Å²) in [5.74, 6) is 0.378. The first-order valence-corrected chi connectivity index (χ1v) is 9.68. The van der Waals surface area contributed by atoms with Gasteiger partial charge in [-0.3, -0.25) is 9.48 Å². The summed E-state index contributed by atoms with van der Waals surface area (Å²) in [7, 11) is 3.43. The molecule has 1 saturated heterocycles. The summed E-state index contributed by atoms with van der Waals surface area (Å²) in [6, 6.07) is 3.51. The van der Waals surface area contributed by atoms with Crippen molar-refractivity contribution in [3.8, 4) is 11.5 Å². The molecule has 1 fully saturated rings. The van der Waals surface area contributed by atoms with Crippen molar-refractivity contribution in [2.45, 2.75) is 32.7 Å². The number of rotatable bonds is 4. The number of aryl methyl sites for hydroxylation is 2. The minimum Gasteiger partial charge on any atom is -0.503 e. The third kappa shape index (κ3) is 3.74. The van der Waals surface area contributed by atoms with Gasteiger partial charge in [-0.15, -0.1) is 0 Å². The molecule has 144 valence electrons. The van der Waals surface area contributed by atoms with E-state index in [0.717, 1.165) is 41.9 Å². The van der Waals surface area contributed by atoms with Crippen molar-refractivity contribution in [1.82, 2.24) is 14.7 Å². The number of hydrogen-bond acceptors (Lipinski definition) is 4. The number of nitrogens with zero attached hydrogens (tertiary/aromatic N) is 3. The van der Waals surface area contributed by atoms with Crippen LogP contribution in [0.2, 0.25) is 0 Å². The number of carbonyl (C=O) groups excluding carboxylic acids is 1. The lowest BCUT2D eigenvalue weighted by Gasteiger charge is -2.24. The summed E-state index contributed by atoms with van der Waals surface area (Å²) >= 11 is 3.30. The molecule has 7 heteroatoms. The maximum absolute atomic E-state index is 12.9. The van der Waals surface area contributed by atoms with Crippen molar-refractivity contribution in [1.29, 1.82) is 0 Å². The van der Waals surface area contributed by atoms with Crippen molar-refractivity contribution in [2.24, 2.45) is 7.05 Å². The van der Waals surface area contributed by atoms with Gasteiger partial charge < -0.3 is 14.7 Å². The molecule has 2 aromatic rings. The van der Waals surface area contributed by atoms with Crippen LogP contribution < -0.4 is 4.74 Å². The Kier molecular flexibility index (Phi) is 5.60. The number of carbonyl (C=O) groups is 1. The Balaban J connectivity index is 1.83. The van der Waals surface area contributed by atoms with Gasteiger partial charge in [0.25, 0.3) is 0 Å². The highest BCUT2D eigenvalue weighted by atomic mass is 79.9. The Labute approximate surface area is 167 Å². The molecule has 1 aromatic carbocycles. The van der Waals surface area contributed by atoms with Gasteiger partial charge in [-0.05, 0) is 66.4 Å². The number of likely N-dealkylation sites (tertiary alicyclic amines) is 1. The van der Waals surface area contributed by atoms with Gasteiger partial charge in [0.05, 0.1) is 23.3 Å². The van der Waals surface area contributed by atoms with Crippen LogP contribution in [0.25, 0.3) is 6.08 Å². The van der Waals surface area contributed by atoms with E-state index < -0.39 is 0 Å². The first kappa shape index (κ1) is 19.5. The van der Waals surface area contributed by atoms with Gasteiger partial charge in [0, 0.05) is 30.9 Å². The highest BCUT2D eigenvalue weighted by Crippen LogP contribution is 2.37. The van der Waals surface area contributed by atoms with Crippen LogP contribution in [-0.4, -0.2) is 39.3 Å². The summed E-state index contributed by atoms with van der Waals surface area (Å²) in [5, 5.41) is 14.4. The second-order valence-electron chi connectivity index (χ2n) is 6.78. The summed E-state index contributed by atoms with van der Waals surface area (Å²) in [6.45, 7) is 4.79. The molecule has 1 aromatic heterocycles. The number of benzene rings is 1. The zero-order valence-electron chi connectivity index (χ0n) is 16.0. The van der Waals surface area contributed by atoms with E-state index in [-0.39, 0.29) is 17.7 Å². The lowest BCUT2D eigenvalue weighted by Crippen LogP contribution is -2.29. The lowest BCUT2D eigenvalue weighted by molar-refractivity contribution is -0.126. The number of hydrogen-bond donors (Lipinski definition) is 1. The van der Waals surface area contributed by atoms with Crippen molar-refractivity contribution >= 4 is 27.9 Å². The summed E-state index contributed by atoms with van der Waals surface area (Å²) < 4.78 is 7.56. The van der Waals surface area contributed by atoms with Gasteiger partial charge in [-0.1, -0.05) is 0 Å². The molecular weight excluding hydrogens is 410 g/mol. The SMILES string of the molecule is COc1cc(C=CC(=O)N2CCCC2c2c(C)nn(C)c2C)cc(Br)c1O. The first-order valence-electron chi connectivity index (χ1n) is 8.88. The van der Waals surface area contributed by atoms with E-state index in [9.17, 15) is 9.90 Å². The lowest BCUT2D eigenvalue weighted by atomic mass is 10.0. The van der Waals surface area contributed by atoms with Crippen LogP contribution in [-0.2, 0) is 11.8 Å². The number of phenolic OH excluding ortho intramolecular Hbond substituents is 1. The molecule has 0 spiro atoms. The van der Waals surface area contributed by atoms with E-state index in [0.29, 0.717) is 10.2 Å². The minimum absolute atomic E-state index is 0.0247. The fourth-order valence-corrected chi connectivity index (χ4v) is 4.17. The van der Waals surface area contributed by atoms with Crippen molar-refractivity contribution in [2.75, 3.05) is 13.7 Å². The summed E-state index contributed by atoms with van der Waals surface area (Å²) in [5.41, 5.74) is 4.02. The number of aromatic hydroxyl groups is 1. The molecule has 0 radical (unpaired) electrons. The molecule has 3 rings (SSSR count). The van der Waals surface area contributed by atoms with Crippen LogP contribution in [0.1, 0.15) is 41.4 Å². The second kappa shape index (κ2) is 7.76. The molecule has 27 heavy (non-hydrogen) atoms.